The number of aryl methyl sites for hydroxylation is 1. The summed E-state index contributed by atoms with van der Waals surface area (Å²) in [4.78, 5) is 27.8. The third-order valence-corrected chi connectivity index (χ3v) is 7.50. The Kier molecular flexibility index (Phi) is 8.75. The Hall–Kier alpha value is -3.56. The van der Waals surface area contributed by atoms with Crippen molar-refractivity contribution in [1.29, 1.82) is 0 Å². The number of carbonyl (C=O) groups excluding carboxylic acids is 2. The molecule has 9 nitrogen and oxygen atoms in total. The van der Waals surface area contributed by atoms with Gasteiger partial charge in [0, 0.05) is 56.1 Å². The molecule has 2 unspecified atom stereocenters. The summed E-state index contributed by atoms with van der Waals surface area (Å²) in [6.45, 7) is 8.97. The topological polar surface area (TPSA) is 91.3 Å². The van der Waals surface area contributed by atoms with E-state index in [4.69, 9.17) is 18.9 Å². The number of rotatable bonds is 7. The van der Waals surface area contributed by atoms with E-state index in [0.717, 1.165) is 52.7 Å². The standard InChI is InChI=1S/C31H41N3O6/c1-19-15-27(38-7)24(22-12-14-34(28(19)22)30(36)40-31(2,3)4)18-33-13-11-21(37-6)17-26(33)20-9-10-23(29(35)39-8)25(16-20)32-5/h9-10,12,14-16,21,26,32H,11,13,17-18H2,1-8H3. The van der Waals surface area contributed by atoms with Crippen molar-refractivity contribution in [3.63, 3.8) is 0 Å². The van der Waals surface area contributed by atoms with E-state index >= 15 is 0 Å². The normalized spacial score (nSPS) is 18.0. The third-order valence-electron chi connectivity index (χ3n) is 7.50. The second kappa shape index (κ2) is 11.9. The quantitative estimate of drug-likeness (QED) is 0.362. The largest absolute Gasteiger partial charge is 0.496 e. The lowest BCUT2D eigenvalue weighted by atomic mass is 9.91. The number of esters is 1. The minimum absolute atomic E-state index is 0.0338. The van der Waals surface area contributed by atoms with Gasteiger partial charge in [-0.3, -0.25) is 9.47 Å². The first-order valence-corrected chi connectivity index (χ1v) is 13.6. The molecule has 2 heterocycles. The molecule has 0 radical (unpaired) electrons. The second-order valence-electron chi connectivity index (χ2n) is 11.2. The van der Waals surface area contributed by atoms with Gasteiger partial charge in [0.2, 0.25) is 0 Å². The zero-order chi connectivity index (χ0) is 29.2. The highest BCUT2D eigenvalue weighted by molar-refractivity contribution is 5.96. The summed E-state index contributed by atoms with van der Waals surface area (Å²) in [6, 6.07) is 9.80. The first-order chi connectivity index (χ1) is 19.0. The Morgan fingerprint density at radius 3 is 2.48 bits per heavy atom. The number of likely N-dealkylation sites (tertiary alicyclic amines) is 1. The molecular formula is C31H41N3O6. The summed E-state index contributed by atoms with van der Waals surface area (Å²) < 4.78 is 23.9. The summed E-state index contributed by atoms with van der Waals surface area (Å²) in [6.07, 6.45) is 3.17. The molecule has 0 bridgehead atoms. The molecule has 0 saturated carbocycles. The number of carbonyl (C=O) groups is 2. The zero-order valence-corrected chi connectivity index (χ0v) is 24.8. The fraction of sp³-hybridized carbons (Fsp3) is 0.484. The number of benzene rings is 2. The first-order valence-electron chi connectivity index (χ1n) is 13.6. The molecule has 0 amide bonds. The summed E-state index contributed by atoms with van der Waals surface area (Å²) >= 11 is 0. The average molecular weight is 552 g/mol. The average Bonchev–Trinajstić information content (AvgIpc) is 3.39. The number of anilines is 1. The van der Waals surface area contributed by atoms with Gasteiger partial charge < -0.3 is 24.3 Å². The van der Waals surface area contributed by atoms with Gasteiger partial charge in [-0.25, -0.2) is 9.59 Å². The Morgan fingerprint density at radius 1 is 1.10 bits per heavy atom. The number of nitrogens with zero attached hydrogens (tertiary/aromatic N) is 2. The molecule has 1 N–H and O–H groups in total. The highest BCUT2D eigenvalue weighted by atomic mass is 16.6. The maximum atomic E-state index is 13.1. The van der Waals surface area contributed by atoms with E-state index in [-0.39, 0.29) is 18.1 Å². The van der Waals surface area contributed by atoms with Crippen molar-refractivity contribution in [3.8, 4) is 5.75 Å². The fourth-order valence-corrected chi connectivity index (χ4v) is 5.57. The predicted molar refractivity (Wildman–Crippen MR) is 155 cm³/mol. The zero-order valence-electron chi connectivity index (χ0n) is 24.8. The van der Waals surface area contributed by atoms with E-state index in [1.54, 1.807) is 32.0 Å². The molecule has 2 aromatic carbocycles. The molecule has 4 rings (SSSR count). The number of hydrogen-bond donors (Lipinski definition) is 1. The molecule has 3 aromatic rings. The number of methoxy groups -OCH3 is 3. The van der Waals surface area contributed by atoms with Crippen molar-refractivity contribution >= 4 is 28.7 Å². The SMILES string of the molecule is CNc1cc(C2CC(OC)CCN2Cc2c(OC)cc(C)c3c2ccn3C(=O)OC(C)(C)C)ccc1C(=O)OC. The van der Waals surface area contributed by atoms with Crippen LogP contribution in [0.5, 0.6) is 5.75 Å². The minimum atomic E-state index is -0.606. The molecule has 2 atom stereocenters. The monoisotopic (exact) mass is 551 g/mol. The lowest BCUT2D eigenvalue weighted by Gasteiger charge is -2.40. The van der Waals surface area contributed by atoms with Gasteiger partial charge in [-0.15, -0.1) is 0 Å². The van der Waals surface area contributed by atoms with E-state index in [9.17, 15) is 9.59 Å². The van der Waals surface area contributed by atoms with Crippen LogP contribution < -0.4 is 10.1 Å². The molecule has 0 spiro atoms. The minimum Gasteiger partial charge on any atom is -0.496 e. The summed E-state index contributed by atoms with van der Waals surface area (Å²) in [5.41, 5.74) is 4.43. The number of ether oxygens (including phenoxy) is 4. The van der Waals surface area contributed by atoms with Crippen molar-refractivity contribution in [3.05, 3.63) is 58.8 Å². The molecular weight excluding hydrogens is 510 g/mol. The van der Waals surface area contributed by atoms with Crippen molar-refractivity contribution in [1.82, 2.24) is 9.47 Å². The highest BCUT2D eigenvalue weighted by Crippen LogP contribution is 2.39. The van der Waals surface area contributed by atoms with Crippen LogP contribution in [0.2, 0.25) is 0 Å². The van der Waals surface area contributed by atoms with Crippen molar-refractivity contribution in [2.24, 2.45) is 0 Å². The Bertz CT molecular complexity index is 1390. The van der Waals surface area contributed by atoms with Crippen LogP contribution in [0.4, 0.5) is 10.5 Å². The molecule has 9 heteroatoms. The maximum Gasteiger partial charge on any atom is 0.419 e. The molecule has 1 aromatic heterocycles. The number of hydrogen-bond acceptors (Lipinski definition) is 8. The Balaban J connectivity index is 1.76. The number of fused-ring (bicyclic) bond motifs is 1. The smallest absolute Gasteiger partial charge is 0.419 e. The number of piperidine rings is 1. The van der Waals surface area contributed by atoms with Crippen LogP contribution in [-0.2, 0) is 20.8 Å². The second-order valence-corrected chi connectivity index (χ2v) is 11.2. The molecule has 1 fully saturated rings. The van der Waals surface area contributed by atoms with Gasteiger partial charge in [-0.05, 0) is 75.9 Å². The third kappa shape index (κ3) is 5.95. The van der Waals surface area contributed by atoms with E-state index in [1.807, 2.05) is 58.0 Å². The molecule has 40 heavy (non-hydrogen) atoms. The van der Waals surface area contributed by atoms with E-state index in [0.29, 0.717) is 17.8 Å². The van der Waals surface area contributed by atoms with Crippen LogP contribution in [0.1, 0.15) is 66.7 Å². The lowest BCUT2D eigenvalue weighted by molar-refractivity contribution is 0.00676. The van der Waals surface area contributed by atoms with Crippen molar-refractivity contribution in [2.45, 2.75) is 64.8 Å². The van der Waals surface area contributed by atoms with Crippen LogP contribution in [0.3, 0.4) is 0 Å². The highest BCUT2D eigenvalue weighted by Gasteiger charge is 2.32. The van der Waals surface area contributed by atoms with Gasteiger partial charge in [0.25, 0.3) is 0 Å². The number of nitrogens with one attached hydrogen (secondary N) is 1. The fourth-order valence-electron chi connectivity index (χ4n) is 5.57. The summed E-state index contributed by atoms with van der Waals surface area (Å²) in [5.74, 6) is 0.393. The Morgan fingerprint density at radius 2 is 1.85 bits per heavy atom. The van der Waals surface area contributed by atoms with Crippen LogP contribution in [0.25, 0.3) is 10.9 Å². The maximum absolute atomic E-state index is 13.1. The van der Waals surface area contributed by atoms with Gasteiger partial charge in [-0.2, -0.15) is 0 Å². The van der Waals surface area contributed by atoms with Gasteiger partial charge in [-0.1, -0.05) is 6.07 Å². The number of aromatic nitrogens is 1. The van der Waals surface area contributed by atoms with Crippen LogP contribution in [-0.4, -0.2) is 68.2 Å². The summed E-state index contributed by atoms with van der Waals surface area (Å²) in [5, 5.41) is 4.09. The molecule has 216 valence electrons. The van der Waals surface area contributed by atoms with Crippen molar-refractivity contribution < 1.29 is 28.5 Å². The molecule has 0 aliphatic carbocycles. The molecule has 1 saturated heterocycles. The van der Waals surface area contributed by atoms with Crippen LogP contribution in [0.15, 0.2) is 36.5 Å². The summed E-state index contributed by atoms with van der Waals surface area (Å²) in [7, 11) is 6.61. The molecule has 1 aliphatic heterocycles. The van der Waals surface area contributed by atoms with E-state index in [2.05, 4.69) is 10.2 Å². The van der Waals surface area contributed by atoms with Gasteiger partial charge >= 0.3 is 12.1 Å². The van der Waals surface area contributed by atoms with E-state index in [1.165, 1.54) is 7.11 Å². The van der Waals surface area contributed by atoms with E-state index < -0.39 is 11.7 Å². The van der Waals surface area contributed by atoms with Gasteiger partial charge in [0.05, 0.1) is 31.4 Å². The lowest BCUT2D eigenvalue weighted by Crippen LogP contribution is -2.39. The first kappa shape index (κ1) is 29.4. The van der Waals surface area contributed by atoms with Gasteiger partial charge in [0.1, 0.15) is 11.4 Å². The van der Waals surface area contributed by atoms with Crippen LogP contribution in [0, 0.1) is 6.92 Å². The predicted octanol–water partition coefficient (Wildman–Crippen LogP) is 5.92. The molecule has 1 aliphatic rings. The van der Waals surface area contributed by atoms with Crippen molar-refractivity contribution in [2.75, 3.05) is 40.2 Å². The van der Waals surface area contributed by atoms with Gasteiger partial charge in [0.15, 0.2) is 0 Å². The van der Waals surface area contributed by atoms with Crippen LogP contribution >= 0.6 is 0 Å². The Labute approximate surface area is 236 Å².